The van der Waals surface area contributed by atoms with E-state index < -0.39 is 11.8 Å². The number of nitrogens with zero attached hydrogens (tertiary/aromatic N) is 3. The highest BCUT2D eigenvalue weighted by atomic mass is 35.5. The van der Waals surface area contributed by atoms with Crippen LogP contribution in [0.2, 0.25) is 5.02 Å². The lowest BCUT2D eigenvalue weighted by molar-refractivity contribution is 0.0516. The topological polar surface area (TPSA) is 73.4 Å². The summed E-state index contributed by atoms with van der Waals surface area (Å²) in [4.78, 5) is 19.2. The fourth-order valence-corrected chi connectivity index (χ4v) is 3.86. The molecule has 3 rings (SSSR count). The third-order valence-corrected chi connectivity index (χ3v) is 5.53. The second kappa shape index (κ2) is 8.82. The Morgan fingerprint density at radius 3 is 2.93 bits per heavy atom. The average molecular weight is 409 g/mol. The standard InChI is InChI=1S/C20H26ClFN4O2/c1-3-13-6-5-9-25(11-13)20-24-18(23)17(19(27)28-4-2)26(20)12-14-10-15(22)7-8-16(14)21/h7-8,10,13H,3-6,9,11-12,23H2,1-2H3/t13-/m1/s1. The molecule has 1 aromatic heterocycles. The first-order valence-electron chi connectivity index (χ1n) is 9.66. The van der Waals surface area contributed by atoms with E-state index in [-0.39, 0.29) is 24.7 Å². The van der Waals surface area contributed by atoms with Gasteiger partial charge in [0, 0.05) is 18.1 Å². The molecular weight excluding hydrogens is 383 g/mol. The van der Waals surface area contributed by atoms with Crippen molar-refractivity contribution >= 4 is 29.3 Å². The van der Waals surface area contributed by atoms with Crippen molar-refractivity contribution in [2.24, 2.45) is 5.92 Å². The lowest BCUT2D eigenvalue weighted by Crippen LogP contribution is -2.37. The maximum atomic E-state index is 13.8. The second-order valence-electron chi connectivity index (χ2n) is 7.05. The molecule has 0 aliphatic carbocycles. The summed E-state index contributed by atoms with van der Waals surface area (Å²) in [7, 11) is 0. The first kappa shape index (κ1) is 20.5. The summed E-state index contributed by atoms with van der Waals surface area (Å²) in [6.45, 7) is 5.97. The van der Waals surface area contributed by atoms with E-state index >= 15 is 0 Å². The van der Waals surface area contributed by atoms with Crippen LogP contribution in [0.1, 0.15) is 49.2 Å². The number of ether oxygens (including phenoxy) is 1. The van der Waals surface area contributed by atoms with Crippen LogP contribution in [0.25, 0.3) is 0 Å². The molecule has 0 unspecified atom stereocenters. The van der Waals surface area contributed by atoms with E-state index in [0.29, 0.717) is 22.5 Å². The van der Waals surface area contributed by atoms with E-state index in [4.69, 9.17) is 22.1 Å². The van der Waals surface area contributed by atoms with Gasteiger partial charge in [-0.15, -0.1) is 0 Å². The van der Waals surface area contributed by atoms with Crippen LogP contribution in [0, 0.1) is 11.7 Å². The number of hydrogen-bond donors (Lipinski definition) is 1. The number of piperidine rings is 1. The van der Waals surface area contributed by atoms with Gasteiger partial charge < -0.3 is 15.4 Å². The number of rotatable bonds is 6. The molecule has 0 amide bonds. The van der Waals surface area contributed by atoms with Gasteiger partial charge >= 0.3 is 5.97 Å². The number of anilines is 2. The number of halogens is 2. The number of hydrogen-bond acceptors (Lipinski definition) is 5. The summed E-state index contributed by atoms with van der Waals surface area (Å²) in [5.41, 5.74) is 6.83. The minimum atomic E-state index is -0.546. The summed E-state index contributed by atoms with van der Waals surface area (Å²) in [6, 6.07) is 4.17. The van der Waals surface area contributed by atoms with Gasteiger partial charge in [0.25, 0.3) is 0 Å². The molecule has 0 radical (unpaired) electrons. The molecular formula is C20H26ClFN4O2. The van der Waals surface area contributed by atoms with Crippen LogP contribution in [-0.4, -0.2) is 35.2 Å². The summed E-state index contributed by atoms with van der Waals surface area (Å²) in [5, 5.41) is 0.416. The smallest absolute Gasteiger partial charge is 0.358 e. The Morgan fingerprint density at radius 1 is 1.43 bits per heavy atom. The number of aromatic nitrogens is 2. The molecule has 2 heterocycles. The first-order valence-corrected chi connectivity index (χ1v) is 10.0. The Hall–Kier alpha value is -2.28. The first-order chi connectivity index (χ1) is 13.4. The number of benzene rings is 1. The number of nitrogen functional groups attached to an aromatic ring is 1. The monoisotopic (exact) mass is 408 g/mol. The van der Waals surface area contributed by atoms with Crippen LogP contribution in [-0.2, 0) is 11.3 Å². The number of carbonyl (C=O) groups is 1. The molecule has 2 N–H and O–H groups in total. The maximum Gasteiger partial charge on any atom is 0.358 e. The molecule has 1 atom stereocenters. The number of imidazole rings is 1. The lowest BCUT2D eigenvalue weighted by Gasteiger charge is -2.33. The van der Waals surface area contributed by atoms with E-state index in [2.05, 4.69) is 16.8 Å². The van der Waals surface area contributed by atoms with Crippen LogP contribution in [0.3, 0.4) is 0 Å². The zero-order valence-corrected chi connectivity index (χ0v) is 17.0. The Labute approximate surface area is 169 Å². The van der Waals surface area contributed by atoms with Crippen molar-refractivity contribution < 1.29 is 13.9 Å². The summed E-state index contributed by atoms with van der Waals surface area (Å²) in [6.07, 6.45) is 3.29. The molecule has 1 saturated heterocycles. The predicted octanol–water partition coefficient (Wildman–Crippen LogP) is 4.11. The number of carbonyl (C=O) groups excluding carboxylic acids is 1. The van der Waals surface area contributed by atoms with Crippen LogP contribution in [0.5, 0.6) is 0 Å². The molecule has 0 bridgehead atoms. The minimum Gasteiger partial charge on any atom is -0.461 e. The fourth-order valence-electron chi connectivity index (χ4n) is 3.68. The summed E-state index contributed by atoms with van der Waals surface area (Å²) < 4.78 is 20.7. The van der Waals surface area contributed by atoms with Gasteiger partial charge in [0.05, 0.1) is 13.2 Å². The van der Waals surface area contributed by atoms with Crippen LogP contribution in [0.15, 0.2) is 18.2 Å². The van der Waals surface area contributed by atoms with Gasteiger partial charge in [0.15, 0.2) is 11.5 Å². The zero-order valence-electron chi connectivity index (χ0n) is 16.3. The van der Waals surface area contributed by atoms with E-state index in [1.54, 1.807) is 11.5 Å². The highest BCUT2D eigenvalue weighted by molar-refractivity contribution is 6.31. The quantitative estimate of drug-likeness (QED) is 0.728. The molecule has 28 heavy (non-hydrogen) atoms. The van der Waals surface area contributed by atoms with Crippen molar-refractivity contribution in [1.82, 2.24) is 9.55 Å². The molecule has 1 fully saturated rings. The largest absolute Gasteiger partial charge is 0.461 e. The van der Waals surface area contributed by atoms with E-state index in [1.165, 1.54) is 24.6 Å². The van der Waals surface area contributed by atoms with Crippen molar-refractivity contribution in [1.29, 1.82) is 0 Å². The van der Waals surface area contributed by atoms with Gasteiger partial charge in [-0.1, -0.05) is 24.9 Å². The van der Waals surface area contributed by atoms with Crippen LogP contribution >= 0.6 is 11.6 Å². The third kappa shape index (κ3) is 4.24. The normalized spacial score (nSPS) is 17.0. The van der Waals surface area contributed by atoms with Gasteiger partial charge in [0.1, 0.15) is 5.82 Å². The Morgan fingerprint density at radius 2 is 2.21 bits per heavy atom. The lowest BCUT2D eigenvalue weighted by atomic mass is 9.96. The fraction of sp³-hybridized carbons (Fsp3) is 0.500. The van der Waals surface area contributed by atoms with Gasteiger partial charge in [-0.05, 0) is 49.4 Å². The highest BCUT2D eigenvalue weighted by Crippen LogP contribution is 2.30. The average Bonchev–Trinajstić information content (AvgIpc) is 3.01. The molecule has 0 saturated carbocycles. The molecule has 1 aliphatic heterocycles. The molecule has 1 aromatic carbocycles. The van der Waals surface area contributed by atoms with Gasteiger partial charge in [-0.3, -0.25) is 4.57 Å². The van der Waals surface area contributed by atoms with Crippen molar-refractivity contribution in [3.05, 3.63) is 40.3 Å². The zero-order chi connectivity index (χ0) is 20.3. The van der Waals surface area contributed by atoms with Crippen LogP contribution in [0.4, 0.5) is 16.2 Å². The van der Waals surface area contributed by atoms with Crippen molar-refractivity contribution in [2.45, 2.75) is 39.7 Å². The van der Waals surface area contributed by atoms with Crippen molar-refractivity contribution in [3.8, 4) is 0 Å². The van der Waals surface area contributed by atoms with E-state index in [1.807, 2.05) is 0 Å². The molecule has 6 nitrogen and oxygen atoms in total. The van der Waals surface area contributed by atoms with Crippen molar-refractivity contribution in [3.63, 3.8) is 0 Å². The Bertz CT molecular complexity index is 855. The molecule has 152 valence electrons. The SMILES string of the molecule is CCOC(=O)c1c(N)nc(N2CCC[C@@H](CC)C2)n1Cc1cc(F)ccc1Cl. The van der Waals surface area contributed by atoms with Crippen molar-refractivity contribution in [2.75, 3.05) is 30.3 Å². The van der Waals surface area contributed by atoms with E-state index in [9.17, 15) is 9.18 Å². The summed E-state index contributed by atoms with van der Waals surface area (Å²) >= 11 is 6.27. The highest BCUT2D eigenvalue weighted by Gasteiger charge is 2.29. The molecule has 0 spiro atoms. The summed E-state index contributed by atoms with van der Waals surface area (Å²) in [5.74, 6) is 0.327. The predicted molar refractivity (Wildman–Crippen MR) is 108 cm³/mol. The third-order valence-electron chi connectivity index (χ3n) is 5.16. The van der Waals surface area contributed by atoms with Gasteiger partial charge in [0.2, 0.25) is 5.95 Å². The van der Waals surface area contributed by atoms with Crippen LogP contribution < -0.4 is 10.6 Å². The molecule has 1 aliphatic rings. The second-order valence-corrected chi connectivity index (χ2v) is 7.46. The number of nitrogens with two attached hydrogens (primary N) is 1. The molecule has 2 aromatic rings. The maximum absolute atomic E-state index is 13.8. The Kier molecular flexibility index (Phi) is 6.44. The van der Waals surface area contributed by atoms with Gasteiger partial charge in [-0.25, -0.2) is 9.18 Å². The number of esters is 1. The van der Waals surface area contributed by atoms with Gasteiger partial charge in [-0.2, -0.15) is 4.98 Å². The molecule has 8 heteroatoms. The minimum absolute atomic E-state index is 0.111. The Balaban J connectivity index is 2.05. The van der Waals surface area contributed by atoms with E-state index in [0.717, 1.165) is 25.9 Å².